The molecule has 3 aromatic rings. The summed E-state index contributed by atoms with van der Waals surface area (Å²) in [5.74, 6) is 0.809. The summed E-state index contributed by atoms with van der Waals surface area (Å²) in [5, 5.41) is 14.4. The largest absolute Gasteiger partial charge is 0.394 e. The zero-order valence-corrected chi connectivity index (χ0v) is 17.9. The minimum absolute atomic E-state index is 0.0712. The van der Waals surface area contributed by atoms with Crippen molar-refractivity contribution in [3.63, 3.8) is 0 Å². The normalized spacial score (nSPS) is 19.4. The first-order valence-corrected chi connectivity index (χ1v) is 11.4. The van der Waals surface area contributed by atoms with Crippen LogP contribution >= 0.6 is 0 Å². The second-order valence-electron chi connectivity index (χ2n) is 8.46. The van der Waals surface area contributed by atoms with E-state index in [0.717, 1.165) is 61.9 Å². The van der Waals surface area contributed by atoms with E-state index in [0.29, 0.717) is 6.54 Å². The lowest BCUT2D eigenvalue weighted by Gasteiger charge is -2.24. The molecular formula is C24H30N6O. The van der Waals surface area contributed by atoms with E-state index < -0.39 is 0 Å². The van der Waals surface area contributed by atoms with Crippen LogP contribution in [0.5, 0.6) is 0 Å². The van der Waals surface area contributed by atoms with E-state index in [2.05, 4.69) is 45.1 Å². The van der Waals surface area contributed by atoms with E-state index in [1.165, 1.54) is 18.4 Å². The standard InChI is InChI=1S/C24H30N6O/c31-16-15-30-18-20(21-10-11-25-24(26-21)28-12-4-5-13-28)23(27-30)22-9-6-14-29(22)17-19-7-2-1-3-8-19/h1-3,7-8,10-11,18,22,31H,4-6,9,12-17H2/t22-/m0/s1. The number of likely N-dealkylation sites (tertiary alicyclic amines) is 1. The average Bonchev–Trinajstić information content (AvgIpc) is 3.56. The van der Waals surface area contributed by atoms with Gasteiger partial charge in [-0.05, 0) is 43.9 Å². The monoisotopic (exact) mass is 418 g/mol. The molecule has 0 amide bonds. The quantitative estimate of drug-likeness (QED) is 0.635. The Bertz CT molecular complexity index is 998. The summed E-state index contributed by atoms with van der Waals surface area (Å²) in [5.41, 5.74) is 4.36. The van der Waals surface area contributed by atoms with Crippen molar-refractivity contribution in [2.45, 2.75) is 44.8 Å². The Morgan fingerprint density at radius 2 is 1.84 bits per heavy atom. The van der Waals surface area contributed by atoms with Crippen molar-refractivity contribution in [2.75, 3.05) is 31.1 Å². The maximum Gasteiger partial charge on any atom is 0.225 e. The zero-order chi connectivity index (χ0) is 21.0. The molecule has 31 heavy (non-hydrogen) atoms. The van der Waals surface area contributed by atoms with Crippen LogP contribution in [0.4, 0.5) is 5.95 Å². The van der Waals surface area contributed by atoms with Crippen molar-refractivity contribution in [3.05, 3.63) is 60.0 Å². The first-order valence-electron chi connectivity index (χ1n) is 11.4. The van der Waals surface area contributed by atoms with Gasteiger partial charge in [-0.1, -0.05) is 30.3 Å². The van der Waals surface area contributed by atoms with Crippen molar-refractivity contribution < 1.29 is 5.11 Å². The molecule has 2 aromatic heterocycles. The van der Waals surface area contributed by atoms with Crippen molar-refractivity contribution in [2.24, 2.45) is 0 Å². The predicted octanol–water partition coefficient (Wildman–Crippen LogP) is 3.27. The highest BCUT2D eigenvalue weighted by molar-refractivity contribution is 5.63. The molecule has 2 aliphatic heterocycles. The van der Waals surface area contributed by atoms with Gasteiger partial charge in [0, 0.05) is 37.6 Å². The molecular weight excluding hydrogens is 388 g/mol. The molecule has 2 fully saturated rings. The van der Waals surface area contributed by atoms with Crippen molar-refractivity contribution in [1.29, 1.82) is 0 Å². The molecule has 2 saturated heterocycles. The third-order valence-electron chi connectivity index (χ3n) is 6.33. The summed E-state index contributed by atoms with van der Waals surface area (Å²) in [6, 6.07) is 12.9. The lowest BCUT2D eigenvalue weighted by Crippen LogP contribution is -2.24. The van der Waals surface area contributed by atoms with Crippen LogP contribution in [-0.4, -0.2) is 56.0 Å². The van der Waals surface area contributed by atoms with E-state index >= 15 is 0 Å². The average molecular weight is 419 g/mol. The van der Waals surface area contributed by atoms with Gasteiger partial charge in [-0.25, -0.2) is 9.97 Å². The molecule has 0 bridgehead atoms. The number of benzene rings is 1. The third kappa shape index (κ3) is 4.34. The van der Waals surface area contributed by atoms with Gasteiger partial charge < -0.3 is 10.0 Å². The summed E-state index contributed by atoms with van der Waals surface area (Å²) in [7, 11) is 0. The van der Waals surface area contributed by atoms with E-state index in [9.17, 15) is 5.11 Å². The Labute approximate surface area is 183 Å². The van der Waals surface area contributed by atoms with Crippen LogP contribution in [-0.2, 0) is 13.1 Å². The van der Waals surface area contributed by atoms with Crippen LogP contribution < -0.4 is 4.90 Å². The SMILES string of the molecule is OCCn1cc(-c2ccnc(N3CCCC3)n2)c([C@@H]2CCCN2Cc2ccccc2)n1. The molecule has 7 heteroatoms. The predicted molar refractivity (Wildman–Crippen MR) is 121 cm³/mol. The molecule has 1 aromatic carbocycles. The van der Waals surface area contributed by atoms with Crippen LogP contribution in [0.2, 0.25) is 0 Å². The maximum atomic E-state index is 9.49. The number of anilines is 1. The smallest absolute Gasteiger partial charge is 0.225 e. The van der Waals surface area contributed by atoms with Gasteiger partial charge in [-0.15, -0.1) is 0 Å². The third-order valence-corrected chi connectivity index (χ3v) is 6.33. The van der Waals surface area contributed by atoms with Crippen molar-refractivity contribution in [1.82, 2.24) is 24.6 Å². The fourth-order valence-corrected chi connectivity index (χ4v) is 4.81. The summed E-state index contributed by atoms with van der Waals surface area (Å²) < 4.78 is 1.86. The fraction of sp³-hybridized carbons (Fsp3) is 0.458. The van der Waals surface area contributed by atoms with E-state index in [1.54, 1.807) is 0 Å². The number of hydrogen-bond donors (Lipinski definition) is 1. The van der Waals surface area contributed by atoms with E-state index in [1.807, 2.05) is 23.1 Å². The molecule has 5 rings (SSSR count). The van der Waals surface area contributed by atoms with Gasteiger partial charge in [-0.3, -0.25) is 9.58 Å². The Hall–Kier alpha value is -2.77. The van der Waals surface area contributed by atoms with Gasteiger partial charge in [0.25, 0.3) is 0 Å². The number of aliphatic hydroxyl groups is 1. The second-order valence-corrected chi connectivity index (χ2v) is 8.46. The molecule has 0 saturated carbocycles. The lowest BCUT2D eigenvalue weighted by atomic mass is 10.0. The van der Waals surface area contributed by atoms with Crippen LogP contribution in [0, 0.1) is 0 Å². The summed E-state index contributed by atoms with van der Waals surface area (Å²) in [6.45, 7) is 4.58. The fourth-order valence-electron chi connectivity index (χ4n) is 4.81. The summed E-state index contributed by atoms with van der Waals surface area (Å²) in [6.07, 6.45) is 8.54. The summed E-state index contributed by atoms with van der Waals surface area (Å²) in [4.78, 5) is 14.2. The van der Waals surface area contributed by atoms with Crippen LogP contribution in [0.25, 0.3) is 11.3 Å². The Morgan fingerprint density at radius 3 is 2.65 bits per heavy atom. The van der Waals surface area contributed by atoms with E-state index in [-0.39, 0.29) is 12.6 Å². The van der Waals surface area contributed by atoms with Crippen LogP contribution in [0.15, 0.2) is 48.8 Å². The number of aromatic nitrogens is 4. The molecule has 0 aliphatic carbocycles. The topological polar surface area (TPSA) is 70.3 Å². The number of aliphatic hydroxyl groups excluding tert-OH is 1. The van der Waals surface area contributed by atoms with Gasteiger partial charge >= 0.3 is 0 Å². The van der Waals surface area contributed by atoms with Gasteiger partial charge in [0.2, 0.25) is 5.95 Å². The Balaban J connectivity index is 1.48. The summed E-state index contributed by atoms with van der Waals surface area (Å²) >= 11 is 0. The van der Waals surface area contributed by atoms with Crippen molar-refractivity contribution >= 4 is 5.95 Å². The highest BCUT2D eigenvalue weighted by Gasteiger charge is 2.31. The molecule has 2 aliphatic rings. The van der Waals surface area contributed by atoms with Crippen LogP contribution in [0.3, 0.4) is 0 Å². The molecule has 0 spiro atoms. The number of rotatable bonds is 7. The molecule has 0 unspecified atom stereocenters. The minimum atomic E-state index is 0.0712. The molecule has 1 N–H and O–H groups in total. The maximum absolute atomic E-state index is 9.49. The minimum Gasteiger partial charge on any atom is -0.394 e. The molecule has 162 valence electrons. The van der Waals surface area contributed by atoms with Gasteiger partial charge in [0.15, 0.2) is 0 Å². The first-order chi connectivity index (χ1) is 15.3. The Kier molecular flexibility index (Phi) is 5.95. The van der Waals surface area contributed by atoms with Gasteiger partial charge in [-0.2, -0.15) is 5.10 Å². The molecule has 0 radical (unpaired) electrons. The van der Waals surface area contributed by atoms with Gasteiger partial charge in [0.05, 0.1) is 30.6 Å². The highest BCUT2D eigenvalue weighted by atomic mass is 16.3. The van der Waals surface area contributed by atoms with Gasteiger partial charge in [0.1, 0.15) is 0 Å². The number of nitrogens with zero attached hydrogens (tertiary/aromatic N) is 6. The highest BCUT2D eigenvalue weighted by Crippen LogP contribution is 2.37. The van der Waals surface area contributed by atoms with Crippen LogP contribution in [0.1, 0.15) is 43.0 Å². The Morgan fingerprint density at radius 1 is 1.00 bits per heavy atom. The van der Waals surface area contributed by atoms with E-state index in [4.69, 9.17) is 10.1 Å². The lowest BCUT2D eigenvalue weighted by molar-refractivity contribution is 0.240. The van der Waals surface area contributed by atoms with Crippen molar-refractivity contribution in [3.8, 4) is 11.3 Å². The number of hydrogen-bond acceptors (Lipinski definition) is 6. The second kappa shape index (κ2) is 9.16. The molecule has 1 atom stereocenters. The first kappa shape index (κ1) is 20.2. The molecule has 4 heterocycles. The zero-order valence-electron chi connectivity index (χ0n) is 17.9. The molecule has 7 nitrogen and oxygen atoms in total.